The van der Waals surface area contributed by atoms with Crippen LogP contribution in [0.3, 0.4) is 0 Å². The van der Waals surface area contributed by atoms with E-state index >= 15 is 0 Å². The van der Waals surface area contributed by atoms with Crippen molar-refractivity contribution in [3.05, 3.63) is 0 Å². The maximum Gasteiger partial charge on any atom is 0.320 e. The molecule has 0 spiro atoms. The van der Waals surface area contributed by atoms with Gasteiger partial charge in [-0.3, -0.25) is 9.69 Å². The van der Waals surface area contributed by atoms with Gasteiger partial charge in [-0.25, -0.2) is 0 Å². The van der Waals surface area contributed by atoms with Gasteiger partial charge in [0.15, 0.2) is 0 Å². The third-order valence-corrected chi connectivity index (χ3v) is 3.19. The molecule has 0 heterocycles. The van der Waals surface area contributed by atoms with Crippen LogP contribution in [-0.4, -0.2) is 37.1 Å². The van der Waals surface area contributed by atoms with Gasteiger partial charge in [-0.2, -0.15) is 0 Å². The number of hydrogen-bond acceptors (Lipinski definition) is 3. The predicted octanol–water partition coefficient (Wildman–Crippen LogP) is 4.01. The van der Waals surface area contributed by atoms with E-state index in [0.29, 0.717) is 13.2 Å². The largest absolute Gasteiger partial charge is 0.465 e. The van der Waals surface area contributed by atoms with Gasteiger partial charge >= 0.3 is 5.97 Å². The highest BCUT2D eigenvalue weighted by atomic mass is 16.5. The van der Waals surface area contributed by atoms with E-state index in [1.807, 2.05) is 0 Å². The van der Waals surface area contributed by atoms with Crippen LogP contribution in [0.25, 0.3) is 0 Å². The third-order valence-electron chi connectivity index (χ3n) is 3.19. The quantitative estimate of drug-likeness (QED) is 0.374. The van der Waals surface area contributed by atoms with Crippen LogP contribution < -0.4 is 0 Å². The molecule has 0 N–H and O–H groups in total. The van der Waals surface area contributed by atoms with E-state index in [2.05, 4.69) is 25.7 Å². The first-order valence-corrected chi connectivity index (χ1v) is 8.12. The molecule has 114 valence electrons. The number of hydrogen-bond donors (Lipinski definition) is 0. The minimum Gasteiger partial charge on any atom is -0.465 e. The fourth-order valence-electron chi connectivity index (χ4n) is 2.20. The van der Waals surface area contributed by atoms with Gasteiger partial charge in [0.25, 0.3) is 0 Å². The van der Waals surface area contributed by atoms with Gasteiger partial charge in [0.1, 0.15) is 0 Å². The first kappa shape index (κ1) is 18.4. The summed E-state index contributed by atoms with van der Waals surface area (Å²) in [5, 5.41) is 0. The lowest BCUT2D eigenvalue weighted by Crippen LogP contribution is -2.32. The van der Waals surface area contributed by atoms with E-state index in [1.54, 1.807) is 0 Å². The molecule has 0 aliphatic heterocycles. The summed E-state index contributed by atoms with van der Waals surface area (Å²) in [6.45, 7) is 9.53. The van der Waals surface area contributed by atoms with Crippen molar-refractivity contribution < 1.29 is 9.53 Å². The molecule has 19 heavy (non-hydrogen) atoms. The Kier molecular flexibility index (Phi) is 13.4. The summed E-state index contributed by atoms with van der Waals surface area (Å²) in [4.78, 5) is 13.9. The average molecular weight is 271 g/mol. The molecule has 0 fully saturated rings. The van der Waals surface area contributed by atoms with Crippen molar-refractivity contribution in [3.8, 4) is 0 Å². The lowest BCUT2D eigenvalue weighted by molar-refractivity contribution is -0.145. The molecule has 3 heteroatoms. The zero-order valence-corrected chi connectivity index (χ0v) is 13.2. The molecule has 0 bridgehead atoms. The molecular weight excluding hydrogens is 238 g/mol. The topological polar surface area (TPSA) is 29.5 Å². The Morgan fingerprint density at radius 1 is 0.842 bits per heavy atom. The van der Waals surface area contributed by atoms with Crippen LogP contribution in [0.4, 0.5) is 0 Å². The second-order valence-electron chi connectivity index (χ2n) is 5.26. The second kappa shape index (κ2) is 13.9. The first-order valence-electron chi connectivity index (χ1n) is 8.12. The van der Waals surface area contributed by atoms with Crippen LogP contribution in [-0.2, 0) is 9.53 Å². The minimum atomic E-state index is -0.0598. The standard InChI is InChI=1S/C16H33NO2/c1-4-7-8-9-10-11-14-19-16(18)15-17(12-5-2)13-6-3/h4-15H2,1-3H3. The Morgan fingerprint density at radius 3 is 2.00 bits per heavy atom. The normalized spacial score (nSPS) is 10.9. The molecule has 0 radical (unpaired) electrons. The predicted molar refractivity (Wildman–Crippen MR) is 81.4 cm³/mol. The van der Waals surface area contributed by atoms with Crippen molar-refractivity contribution in [2.45, 2.75) is 72.1 Å². The molecule has 0 aliphatic rings. The van der Waals surface area contributed by atoms with E-state index in [4.69, 9.17) is 4.74 Å². The summed E-state index contributed by atoms with van der Waals surface area (Å²) in [5.74, 6) is -0.0598. The van der Waals surface area contributed by atoms with E-state index < -0.39 is 0 Å². The summed E-state index contributed by atoms with van der Waals surface area (Å²) in [7, 11) is 0. The molecule has 0 atom stereocenters. The fraction of sp³-hybridized carbons (Fsp3) is 0.938. The van der Waals surface area contributed by atoms with Crippen molar-refractivity contribution in [3.63, 3.8) is 0 Å². The zero-order chi connectivity index (χ0) is 14.3. The molecule has 0 unspecified atom stereocenters. The highest BCUT2D eigenvalue weighted by Crippen LogP contribution is 2.05. The van der Waals surface area contributed by atoms with E-state index in [-0.39, 0.29) is 5.97 Å². The number of carbonyl (C=O) groups excluding carboxylic acids is 1. The summed E-state index contributed by atoms with van der Waals surface area (Å²) < 4.78 is 5.29. The summed E-state index contributed by atoms with van der Waals surface area (Å²) >= 11 is 0. The van der Waals surface area contributed by atoms with Crippen LogP contribution in [0.1, 0.15) is 72.1 Å². The Hall–Kier alpha value is -0.570. The molecule has 0 aromatic heterocycles. The molecule has 0 amide bonds. The molecular formula is C16H33NO2. The molecule has 0 aromatic carbocycles. The Labute approximate surface area is 119 Å². The maximum atomic E-state index is 11.7. The van der Waals surface area contributed by atoms with Crippen molar-refractivity contribution in [2.24, 2.45) is 0 Å². The van der Waals surface area contributed by atoms with Crippen LogP contribution in [0.5, 0.6) is 0 Å². The van der Waals surface area contributed by atoms with E-state index in [9.17, 15) is 4.79 Å². The first-order chi connectivity index (χ1) is 9.24. The fourth-order valence-corrected chi connectivity index (χ4v) is 2.20. The number of carbonyl (C=O) groups is 1. The van der Waals surface area contributed by atoms with Gasteiger partial charge in [0.2, 0.25) is 0 Å². The molecule has 0 saturated heterocycles. The van der Waals surface area contributed by atoms with Crippen molar-refractivity contribution in [1.82, 2.24) is 4.90 Å². The van der Waals surface area contributed by atoms with Gasteiger partial charge in [-0.15, -0.1) is 0 Å². The SMILES string of the molecule is CCCCCCCCOC(=O)CN(CCC)CCC. The van der Waals surface area contributed by atoms with Crippen LogP contribution in [0.15, 0.2) is 0 Å². The summed E-state index contributed by atoms with van der Waals surface area (Å²) in [6, 6.07) is 0. The molecule has 0 aromatic rings. The van der Waals surface area contributed by atoms with Gasteiger partial charge in [-0.05, 0) is 32.4 Å². The Bertz CT molecular complexity index is 201. The van der Waals surface area contributed by atoms with Crippen molar-refractivity contribution in [2.75, 3.05) is 26.2 Å². The summed E-state index contributed by atoms with van der Waals surface area (Å²) in [5.41, 5.74) is 0. The third kappa shape index (κ3) is 12.2. The van der Waals surface area contributed by atoms with Crippen molar-refractivity contribution >= 4 is 5.97 Å². The van der Waals surface area contributed by atoms with Crippen LogP contribution in [0.2, 0.25) is 0 Å². The highest BCUT2D eigenvalue weighted by molar-refractivity contribution is 5.71. The highest BCUT2D eigenvalue weighted by Gasteiger charge is 2.09. The lowest BCUT2D eigenvalue weighted by Gasteiger charge is -2.19. The molecule has 0 aliphatic carbocycles. The average Bonchev–Trinajstić information content (AvgIpc) is 2.38. The summed E-state index contributed by atoms with van der Waals surface area (Å²) in [6.07, 6.45) is 9.55. The van der Waals surface area contributed by atoms with Crippen LogP contribution in [0, 0.1) is 0 Å². The molecule has 0 rings (SSSR count). The number of unbranched alkanes of at least 4 members (excludes halogenated alkanes) is 5. The smallest absolute Gasteiger partial charge is 0.320 e. The van der Waals surface area contributed by atoms with Crippen molar-refractivity contribution in [1.29, 1.82) is 0 Å². The van der Waals surface area contributed by atoms with Gasteiger partial charge < -0.3 is 4.74 Å². The molecule has 0 saturated carbocycles. The van der Waals surface area contributed by atoms with Gasteiger partial charge in [0.05, 0.1) is 13.2 Å². The Balaban J connectivity index is 3.51. The maximum absolute atomic E-state index is 11.7. The monoisotopic (exact) mass is 271 g/mol. The minimum absolute atomic E-state index is 0.0598. The lowest BCUT2D eigenvalue weighted by atomic mass is 10.1. The van der Waals surface area contributed by atoms with E-state index in [0.717, 1.165) is 32.4 Å². The molecule has 3 nitrogen and oxygen atoms in total. The van der Waals surface area contributed by atoms with Crippen LogP contribution >= 0.6 is 0 Å². The van der Waals surface area contributed by atoms with Gasteiger partial charge in [0, 0.05) is 0 Å². The van der Waals surface area contributed by atoms with Gasteiger partial charge in [-0.1, -0.05) is 52.9 Å². The number of rotatable bonds is 13. The number of esters is 1. The zero-order valence-electron chi connectivity index (χ0n) is 13.2. The second-order valence-corrected chi connectivity index (χ2v) is 5.26. The number of nitrogens with zero attached hydrogens (tertiary/aromatic N) is 1. The Morgan fingerprint density at radius 2 is 1.42 bits per heavy atom. The number of ether oxygens (including phenoxy) is 1. The van der Waals surface area contributed by atoms with E-state index in [1.165, 1.54) is 32.1 Å².